The quantitative estimate of drug-likeness (QED) is 0.657. The number of carbonyl (C=O) groups excluding carboxylic acids is 1. The molecule has 1 heteroatoms. The summed E-state index contributed by atoms with van der Waals surface area (Å²) in [5.74, 6) is 1.28. The summed E-state index contributed by atoms with van der Waals surface area (Å²) in [5.41, 5.74) is 3.68. The molecular weight excluding hydrogens is 220 g/mol. The van der Waals surface area contributed by atoms with Gasteiger partial charge in [0, 0.05) is 6.42 Å². The number of rotatable bonds is 1. The second-order valence-corrected chi connectivity index (χ2v) is 7.25. The third-order valence-corrected chi connectivity index (χ3v) is 6.54. The van der Waals surface area contributed by atoms with E-state index in [0.717, 1.165) is 25.2 Å². The Labute approximate surface area is 111 Å². The van der Waals surface area contributed by atoms with Crippen molar-refractivity contribution in [1.29, 1.82) is 0 Å². The molecule has 1 saturated carbocycles. The first kappa shape index (κ1) is 12.4. The normalized spacial score (nSPS) is 43.9. The number of hydrogen-bond donors (Lipinski definition) is 0. The molecule has 0 bridgehead atoms. The summed E-state index contributed by atoms with van der Waals surface area (Å²) in [6.07, 6.45) is 9.55. The highest BCUT2D eigenvalue weighted by Crippen LogP contribution is 2.62. The Morgan fingerprint density at radius 2 is 1.94 bits per heavy atom. The van der Waals surface area contributed by atoms with Crippen LogP contribution >= 0.6 is 0 Å². The number of hydrogen-bond acceptors (Lipinski definition) is 1. The minimum Gasteiger partial charge on any atom is -0.295 e. The zero-order valence-electron chi connectivity index (χ0n) is 12.1. The molecule has 3 atom stereocenters. The van der Waals surface area contributed by atoms with Crippen LogP contribution in [0.3, 0.4) is 0 Å². The molecule has 3 aliphatic carbocycles. The van der Waals surface area contributed by atoms with E-state index in [4.69, 9.17) is 0 Å². The predicted octanol–water partition coefficient (Wildman–Crippen LogP) is 4.66. The molecule has 0 aromatic carbocycles. The monoisotopic (exact) mass is 246 g/mol. The Bertz CT molecular complexity index is 419. The van der Waals surface area contributed by atoms with Crippen LogP contribution in [-0.2, 0) is 4.79 Å². The fraction of sp³-hybridized carbons (Fsp3) is 0.824. The first-order valence-corrected chi connectivity index (χ1v) is 7.77. The Kier molecular flexibility index (Phi) is 2.73. The van der Waals surface area contributed by atoms with Gasteiger partial charge in [0.25, 0.3) is 0 Å². The number of allylic oxidation sites excluding steroid dienone is 2. The van der Waals surface area contributed by atoms with E-state index in [1.807, 2.05) is 0 Å². The molecule has 1 fully saturated rings. The van der Waals surface area contributed by atoms with Crippen LogP contribution in [0.4, 0.5) is 0 Å². The van der Waals surface area contributed by atoms with Gasteiger partial charge in [0.2, 0.25) is 0 Å². The topological polar surface area (TPSA) is 17.1 Å². The molecule has 100 valence electrons. The minimum absolute atomic E-state index is 0.350. The van der Waals surface area contributed by atoms with Crippen molar-refractivity contribution < 1.29 is 4.79 Å². The lowest BCUT2D eigenvalue weighted by Gasteiger charge is -2.55. The van der Waals surface area contributed by atoms with E-state index in [1.54, 1.807) is 5.57 Å². The van der Waals surface area contributed by atoms with Gasteiger partial charge >= 0.3 is 0 Å². The Hall–Kier alpha value is -0.590. The van der Waals surface area contributed by atoms with Gasteiger partial charge in [-0.1, -0.05) is 39.2 Å². The second kappa shape index (κ2) is 3.95. The molecule has 3 rings (SSSR count). The summed E-state index contributed by atoms with van der Waals surface area (Å²) >= 11 is 0. The Balaban J connectivity index is 2.04. The van der Waals surface area contributed by atoms with Crippen molar-refractivity contribution in [2.24, 2.45) is 16.7 Å². The van der Waals surface area contributed by atoms with Crippen LogP contribution in [0.2, 0.25) is 0 Å². The molecule has 0 aromatic rings. The van der Waals surface area contributed by atoms with Gasteiger partial charge in [0.05, 0.1) is 0 Å². The van der Waals surface area contributed by atoms with Crippen molar-refractivity contribution in [3.8, 4) is 0 Å². The molecule has 0 N–H and O–H groups in total. The van der Waals surface area contributed by atoms with Crippen LogP contribution in [0.5, 0.6) is 0 Å². The maximum atomic E-state index is 12.0. The number of fused-ring (bicyclic) bond motifs is 2. The van der Waals surface area contributed by atoms with Gasteiger partial charge in [-0.25, -0.2) is 0 Å². The molecule has 0 radical (unpaired) electrons. The molecule has 18 heavy (non-hydrogen) atoms. The number of Topliss-reactive ketones (excluding diaryl/α,β-unsaturated/α-hetero) is 1. The van der Waals surface area contributed by atoms with Crippen LogP contribution in [0, 0.1) is 16.7 Å². The third-order valence-electron chi connectivity index (χ3n) is 6.54. The third kappa shape index (κ3) is 1.49. The summed E-state index contributed by atoms with van der Waals surface area (Å²) in [5, 5.41) is 0. The summed E-state index contributed by atoms with van der Waals surface area (Å²) in [6, 6.07) is 0. The minimum atomic E-state index is 0.350. The van der Waals surface area contributed by atoms with Gasteiger partial charge in [-0.3, -0.25) is 4.79 Å². The largest absolute Gasteiger partial charge is 0.295 e. The molecule has 0 spiro atoms. The Morgan fingerprint density at radius 3 is 2.67 bits per heavy atom. The van der Waals surface area contributed by atoms with E-state index in [1.165, 1.54) is 37.7 Å². The first-order valence-electron chi connectivity index (χ1n) is 7.77. The van der Waals surface area contributed by atoms with Gasteiger partial charge in [0.1, 0.15) is 0 Å². The maximum Gasteiger partial charge on any atom is 0.159 e. The zero-order chi connectivity index (χ0) is 13.0. The van der Waals surface area contributed by atoms with Crippen LogP contribution in [0.15, 0.2) is 11.1 Å². The van der Waals surface area contributed by atoms with Crippen molar-refractivity contribution >= 4 is 5.78 Å². The number of ketones is 1. The van der Waals surface area contributed by atoms with Crippen molar-refractivity contribution in [2.75, 3.05) is 0 Å². The zero-order valence-corrected chi connectivity index (χ0v) is 12.1. The van der Waals surface area contributed by atoms with Gasteiger partial charge in [-0.2, -0.15) is 0 Å². The van der Waals surface area contributed by atoms with Crippen LogP contribution in [0.1, 0.15) is 72.1 Å². The highest BCUT2D eigenvalue weighted by atomic mass is 16.1. The van der Waals surface area contributed by atoms with Gasteiger partial charge in [0.15, 0.2) is 5.78 Å². The smallest absolute Gasteiger partial charge is 0.159 e. The summed E-state index contributed by atoms with van der Waals surface area (Å²) in [6.45, 7) is 7.32. The standard InChI is InChI=1S/C17H26O/c1-4-16(2)10-5-11-17(3)13-7-8-14(18)12(13)6-9-15(16)17/h15H,4-11H2,1-3H3/t15-,16+,17+/m0/s1. The van der Waals surface area contributed by atoms with E-state index in [2.05, 4.69) is 20.8 Å². The van der Waals surface area contributed by atoms with Gasteiger partial charge in [-0.05, 0) is 54.4 Å². The maximum absolute atomic E-state index is 12.0. The van der Waals surface area contributed by atoms with Crippen molar-refractivity contribution in [3.05, 3.63) is 11.1 Å². The molecule has 0 heterocycles. The van der Waals surface area contributed by atoms with Crippen LogP contribution in [-0.4, -0.2) is 5.78 Å². The lowest BCUT2D eigenvalue weighted by molar-refractivity contribution is -0.115. The van der Waals surface area contributed by atoms with Gasteiger partial charge < -0.3 is 0 Å². The number of carbonyl (C=O) groups is 1. The SMILES string of the molecule is CC[C@]1(C)CCC[C@]2(C)C3=C(CC[C@@H]12)C(=O)CC3. The van der Waals surface area contributed by atoms with Crippen molar-refractivity contribution in [2.45, 2.75) is 72.1 Å². The fourth-order valence-corrected chi connectivity index (χ4v) is 5.35. The highest BCUT2D eigenvalue weighted by Gasteiger charge is 2.53. The molecule has 1 nitrogen and oxygen atoms in total. The summed E-state index contributed by atoms with van der Waals surface area (Å²) < 4.78 is 0. The lowest BCUT2D eigenvalue weighted by Crippen LogP contribution is -2.46. The van der Waals surface area contributed by atoms with Crippen LogP contribution < -0.4 is 0 Å². The van der Waals surface area contributed by atoms with E-state index >= 15 is 0 Å². The lowest BCUT2D eigenvalue weighted by atomic mass is 9.49. The average Bonchev–Trinajstić information content (AvgIpc) is 2.72. The van der Waals surface area contributed by atoms with E-state index in [0.29, 0.717) is 16.6 Å². The molecular formula is C17H26O. The molecule has 0 amide bonds. The molecule has 0 aliphatic heterocycles. The van der Waals surface area contributed by atoms with Crippen LogP contribution in [0.25, 0.3) is 0 Å². The van der Waals surface area contributed by atoms with Gasteiger partial charge in [-0.15, -0.1) is 0 Å². The molecule has 0 saturated heterocycles. The van der Waals surface area contributed by atoms with Crippen molar-refractivity contribution in [1.82, 2.24) is 0 Å². The summed E-state index contributed by atoms with van der Waals surface area (Å²) in [7, 11) is 0. The summed E-state index contributed by atoms with van der Waals surface area (Å²) in [4.78, 5) is 12.0. The molecule has 3 aliphatic rings. The van der Waals surface area contributed by atoms with Crippen molar-refractivity contribution in [3.63, 3.8) is 0 Å². The van der Waals surface area contributed by atoms with E-state index < -0.39 is 0 Å². The average molecular weight is 246 g/mol. The Morgan fingerprint density at radius 1 is 1.17 bits per heavy atom. The van der Waals surface area contributed by atoms with E-state index in [-0.39, 0.29) is 0 Å². The van der Waals surface area contributed by atoms with E-state index in [9.17, 15) is 4.79 Å². The predicted molar refractivity (Wildman–Crippen MR) is 74.3 cm³/mol. The highest BCUT2D eigenvalue weighted by molar-refractivity contribution is 5.99. The second-order valence-electron chi connectivity index (χ2n) is 7.25. The molecule has 0 aromatic heterocycles. The fourth-order valence-electron chi connectivity index (χ4n) is 5.35. The molecule has 0 unspecified atom stereocenters. The first-order chi connectivity index (χ1) is 8.51.